The number of carbonyl (C=O) groups excluding carboxylic acids is 2. The van der Waals surface area contributed by atoms with Crippen molar-refractivity contribution in [1.82, 2.24) is 5.32 Å². The molecule has 2 amide bonds. The number of hydrogen-bond acceptors (Lipinski definition) is 4. The van der Waals surface area contributed by atoms with Crippen LogP contribution >= 0.6 is 0 Å². The van der Waals surface area contributed by atoms with Crippen molar-refractivity contribution in [3.63, 3.8) is 0 Å². The van der Waals surface area contributed by atoms with Crippen molar-refractivity contribution in [1.29, 1.82) is 0 Å². The topological polar surface area (TPSA) is 102 Å². The summed E-state index contributed by atoms with van der Waals surface area (Å²) >= 11 is 0. The molecule has 0 saturated carbocycles. The van der Waals surface area contributed by atoms with Crippen molar-refractivity contribution in [2.45, 2.75) is 13.8 Å². The van der Waals surface area contributed by atoms with Gasteiger partial charge in [-0.1, -0.05) is 17.7 Å². The second kappa shape index (κ2) is 6.27. The number of rotatable bonds is 2. The van der Waals surface area contributed by atoms with Crippen LogP contribution in [0.2, 0.25) is 0 Å². The summed E-state index contributed by atoms with van der Waals surface area (Å²) in [5.74, 6) is -0.784. The maximum absolute atomic E-state index is 12.3. The van der Waals surface area contributed by atoms with Gasteiger partial charge in [0.1, 0.15) is 0 Å². The third-order valence-electron chi connectivity index (χ3n) is 4.29. The molecule has 2 aliphatic rings. The van der Waals surface area contributed by atoms with Gasteiger partial charge in [0.05, 0.1) is 10.6 Å². The Morgan fingerprint density at radius 1 is 1.32 bits per heavy atom. The number of nitrogens with one attached hydrogen (secondary N) is 1. The minimum atomic E-state index is -0.579. The van der Waals surface area contributed by atoms with E-state index in [1.807, 2.05) is 13.0 Å². The molecule has 1 unspecified atom stereocenters. The van der Waals surface area contributed by atoms with Crippen LogP contribution < -0.4 is 5.32 Å². The van der Waals surface area contributed by atoms with Crippen LogP contribution in [-0.4, -0.2) is 22.4 Å². The van der Waals surface area contributed by atoms with Crippen LogP contribution in [0.3, 0.4) is 0 Å². The molecule has 0 fully saturated rings. The lowest BCUT2D eigenvalue weighted by molar-refractivity contribution is -0.384. The zero-order chi connectivity index (χ0) is 18.1. The van der Waals surface area contributed by atoms with Crippen molar-refractivity contribution in [2.24, 2.45) is 10.9 Å². The average molecular weight is 337 g/mol. The summed E-state index contributed by atoms with van der Waals surface area (Å²) in [6.45, 7) is 3.66. The number of allylic oxidation sites excluding steroid dienone is 3. The summed E-state index contributed by atoms with van der Waals surface area (Å²) in [6.07, 6.45) is 5.22. The Balaban J connectivity index is 1.89. The zero-order valence-corrected chi connectivity index (χ0v) is 13.6. The molecule has 0 radical (unpaired) electrons. The number of nitrogens with zero attached hydrogens (tertiary/aromatic N) is 2. The predicted octanol–water partition coefficient (Wildman–Crippen LogP) is 2.71. The smallest absolute Gasteiger partial charge is 0.277 e. The van der Waals surface area contributed by atoms with E-state index in [-0.39, 0.29) is 23.1 Å². The summed E-state index contributed by atoms with van der Waals surface area (Å²) in [5, 5.41) is 13.6. The lowest BCUT2D eigenvalue weighted by Gasteiger charge is -2.28. The van der Waals surface area contributed by atoms with E-state index in [2.05, 4.69) is 10.3 Å². The highest BCUT2D eigenvalue weighted by Gasteiger charge is 2.27. The molecular weight excluding hydrogens is 322 g/mol. The molecule has 1 atom stereocenters. The van der Waals surface area contributed by atoms with Crippen molar-refractivity contribution >= 4 is 23.2 Å². The second-order valence-corrected chi connectivity index (χ2v) is 5.85. The minimum Gasteiger partial charge on any atom is -0.325 e. The molecule has 1 aliphatic heterocycles. The predicted molar refractivity (Wildman–Crippen MR) is 92.1 cm³/mol. The highest BCUT2D eigenvalue weighted by molar-refractivity contribution is 6.14. The van der Waals surface area contributed by atoms with Crippen LogP contribution in [0.5, 0.6) is 0 Å². The number of fused-ring (bicyclic) bond motifs is 1. The number of non-ortho nitro benzene ring substituents is 1. The van der Waals surface area contributed by atoms with Gasteiger partial charge in [0.25, 0.3) is 17.5 Å². The van der Waals surface area contributed by atoms with Gasteiger partial charge in [-0.25, -0.2) is 4.99 Å². The SMILES string of the molecule is CC1=C(C)C2C=CC(=NC(=O)c3cccc([N+](=O)[O-])c3)C=C2NC1=O. The van der Waals surface area contributed by atoms with Gasteiger partial charge in [-0.3, -0.25) is 19.7 Å². The summed E-state index contributed by atoms with van der Waals surface area (Å²) in [5.41, 5.74) is 2.65. The monoisotopic (exact) mass is 337 g/mol. The molecule has 1 aliphatic carbocycles. The van der Waals surface area contributed by atoms with Gasteiger partial charge in [-0.05, 0) is 32.1 Å². The van der Waals surface area contributed by atoms with Crippen molar-refractivity contribution < 1.29 is 14.5 Å². The van der Waals surface area contributed by atoms with E-state index in [0.29, 0.717) is 17.0 Å². The van der Waals surface area contributed by atoms with Gasteiger partial charge >= 0.3 is 0 Å². The maximum Gasteiger partial charge on any atom is 0.277 e. The second-order valence-electron chi connectivity index (χ2n) is 5.85. The number of nitro groups is 1. The molecule has 1 aromatic rings. The van der Waals surface area contributed by atoms with E-state index in [4.69, 9.17) is 0 Å². The van der Waals surface area contributed by atoms with Crippen LogP contribution in [0.15, 0.2) is 64.3 Å². The van der Waals surface area contributed by atoms with Gasteiger partial charge < -0.3 is 5.32 Å². The Labute approximate surface area is 143 Å². The van der Waals surface area contributed by atoms with Gasteiger partial charge in [-0.2, -0.15) is 0 Å². The number of benzene rings is 1. The van der Waals surface area contributed by atoms with E-state index in [1.165, 1.54) is 24.3 Å². The first-order valence-corrected chi connectivity index (χ1v) is 7.63. The normalized spacial score (nSPS) is 20.9. The molecule has 7 heteroatoms. The molecule has 0 aromatic heterocycles. The van der Waals surface area contributed by atoms with Crippen LogP contribution in [0, 0.1) is 16.0 Å². The number of carbonyl (C=O) groups is 2. The van der Waals surface area contributed by atoms with Crippen molar-refractivity contribution in [3.05, 3.63) is 75.0 Å². The summed E-state index contributed by atoms with van der Waals surface area (Å²) in [4.78, 5) is 38.4. The van der Waals surface area contributed by atoms with Crippen molar-refractivity contribution in [2.75, 3.05) is 0 Å². The van der Waals surface area contributed by atoms with E-state index in [1.54, 1.807) is 19.1 Å². The molecule has 0 bridgehead atoms. The number of nitro benzene ring substituents is 1. The largest absolute Gasteiger partial charge is 0.325 e. The van der Waals surface area contributed by atoms with Gasteiger partial charge in [0, 0.05) is 34.9 Å². The van der Waals surface area contributed by atoms with Gasteiger partial charge in [-0.15, -0.1) is 0 Å². The van der Waals surface area contributed by atoms with Crippen LogP contribution in [0.25, 0.3) is 0 Å². The first-order chi connectivity index (χ1) is 11.9. The molecule has 1 aromatic carbocycles. The third kappa shape index (κ3) is 3.16. The molecule has 126 valence electrons. The van der Waals surface area contributed by atoms with Gasteiger partial charge in [0.15, 0.2) is 0 Å². The van der Waals surface area contributed by atoms with E-state index in [9.17, 15) is 19.7 Å². The van der Waals surface area contributed by atoms with E-state index < -0.39 is 10.8 Å². The average Bonchev–Trinajstić information content (AvgIpc) is 2.59. The standard InChI is InChI=1S/C18H15N3O4/c1-10-11(2)17(22)20-16-9-13(6-7-15(10)16)19-18(23)12-4-3-5-14(8-12)21(24)25/h3-9,15H,1-2H3,(H,20,22). The Bertz CT molecular complexity index is 922. The number of hydrogen-bond donors (Lipinski definition) is 1. The fourth-order valence-electron chi connectivity index (χ4n) is 2.73. The van der Waals surface area contributed by atoms with Crippen LogP contribution in [0.4, 0.5) is 5.69 Å². The molecule has 0 saturated heterocycles. The number of aliphatic imine (C=N–C) groups is 1. The Hall–Kier alpha value is -3.35. The first-order valence-electron chi connectivity index (χ1n) is 7.63. The number of amides is 2. The molecule has 0 spiro atoms. The maximum atomic E-state index is 12.3. The Morgan fingerprint density at radius 2 is 2.08 bits per heavy atom. The van der Waals surface area contributed by atoms with E-state index >= 15 is 0 Å². The zero-order valence-electron chi connectivity index (χ0n) is 13.6. The Morgan fingerprint density at radius 3 is 2.80 bits per heavy atom. The molecule has 25 heavy (non-hydrogen) atoms. The quantitative estimate of drug-likeness (QED) is 0.662. The first kappa shape index (κ1) is 16.5. The molecule has 1 heterocycles. The summed E-state index contributed by atoms with van der Waals surface area (Å²) in [7, 11) is 0. The van der Waals surface area contributed by atoms with Crippen molar-refractivity contribution in [3.8, 4) is 0 Å². The van der Waals surface area contributed by atoms with Crippen LogP contribution in [0.1, 0.15) is 24.2 Å². The molecule has 3 rings (SSSR count). The fourth-order valence-corrected chi connectivity index (χ4v) is 2.73. The lowest BCUT2D eigenvalue weighted by atomic mass is 9.85. The third-order valence-corrected chi connectivity index (χ3v) is 4.29. The fraction of sp³-hybridized carbons (Fsp3) is 0.167. The Kier molecular flexibility index (Phi) is 4.14. The highest BCUT2D eigenvalue weighted by Crippen LogP contribution is 2.29. The lowest BCUT2D eigenvalue weighted by Crippen LogP contribution is -2.35. The molecular formula is C18H15N3O4. The van der Waals surface area contributed by atoms with Crippen LogP contribution in [-0.2, 0) is 4.79 Å². The highest BCUT2D eigenvalue weighted by atomic mass is 16.6. The summed E-state index contributed by atoms with van der Waals surface area (Å²) in [6, 6.07) is 5.41. The minimum absolute atomic E-state index is 0.0374. The molecule has 7 nitrogen and oxygen atoms in total. The van der Waals surface area contributed by atoms with E-state index in [0.717, 1.165) is 5.57 Å². The summed E-state index contributed by atoms with van der Waals surface area (Å²) < 4.78 is 0. The van der Waals surface area contributed by atoms with Gasteiger partial charge in [0.2, 0.25) is 0 Å². The molecule has 1 N–H and O–H groups in total.